The molecule has 0 spiro atoms. The summed E-state index contributed by atoms with van der Waals surface area (Å²) in [4.78, 5) is 14.3. The summed E-state index contributed by atoms with van der Waals surface area (Å²) in [7, 11) is 0. The van der Waals surface area contributed by atoms with Crippen molar-refractivity contribution >= 4 is 16.9 Å². The van der Waals surface area contributed by atoms with Crippen molar-refractivity contribution in [1.82, 2.24) is 20.3 Å². The lowest BCUT2D eigenvalue weighted by Crippen LogP contribution is -2.34. The molecule has 0 amide bonds. The van der Waals surface area contributed by atoms with Crippen molar-refractivity contribution < 1.29 is 4.74 Å². The second-order valence-corrected chi connectivity index (χ2v) is 9.05. The van der Waals surface area contributed by atoms with Gasteiger partial charge in [-0.15, -0.1) is 0 Å². The Hall–Kier alpha value is -1.95. The van der Waals surface area contributed by atoms with Crippen molar-refractivity contribution in [2.75, 3.05) is 18.4 Å². The smallest absolute Gasteiger partial charge is 0.224 e. The molecule has 0 bridgehead atoms. The Kier molecular flexibility index (Phi) is 6.48. The minimum absolute atomic E-state index is 0.214. The topological polar surface area (TPSA) is 72.0 Å². The predicted molar refractivity (Wildman–Crippen MR) is 118 cm³/mol. The van der Waals surface area contributed by atoms with Crippen LogP contribution in [0.2, 0.25) is 0 Å². The number of hydrogen-bond acceptors (Lipinski definition) is 6. The highest BCUT2D eigenvalue weighted by atomic mass is 16.5. The molecule has 1 aliphatic heterocycles. The number of rotatable bonds is 6. The van der Waals surface area contributed by atoms with Crippen molar-refractivity contribution in [2.24, 2.45) is 5.92 Å². The number of hydrogen-bond donors (Lipinski definition) is 2. The van der Waals surface area contributed by atoms with Gasteiger partial charge in [-0.2, -0.15) is 0 Å². The number of nitrogens with zero attached hydrogens (tertiary/aromatic N) is 3. The number of nitrogens with one attached hydrogen (secondary N) is 2. The Bertz CT molecular complexity index is 812. The van der Waals surface area contributed by atoms with Crippen LogP contribution in [0.25, 0.3) is 10.9 Å². The third-order valence-electron chi connectivity index (χ3n) is 6.58. The third kappa shape index (κ3) is 4.80. The van der Waals surface area contributed by atoms with Crippen molar-refractivity contribution in [3.05, 3.63) is 18.0 Å². The highest BCUT2D eigenvalue weighted by Crippen LogP contribution is 2.37. The van der Waals surface area contributed by atoms with E-state index >= 15 is 0 Å². The fourth-order valence-corrected chi connectivity index (χ4v) is 4.33. The number of anilines is 1. The maximum absolute atomic E-state index is 6.32. The van der Waals surface area contributed by atoms with Gasteiger partial charge < -0.3 is 15.4 Å². The molecule has 0 radical (unpaired) electrons. The molecule has 4 rings (SSSR count). The van der Waals surface area contributed by atoms with Gasteiger partial charge in [-0.05, 0) is 57.5 Å². The zero-order chi connectivity index (χ0) is 20.2. The van der Waals surface area contributed by atoms with Gasteiger partial charge in [0.15, 0.2) is 0 Å². The number of piperidine rings is 1. The summed E-state index contributed by atoms with van der Waals surface area (Å²) in [6.07, 6.45) is 12.5. The molecule has 1 atom stereocenters. The molecule has 158 valence electrons. The molecular weight excluding hydrogens is 362 g/mol. The van der Waals surface area contributed by atoms with E-state index < -0.39 is 0 Å². The predicted octanol–water partition coefficient (Wildman–Crippen LogP) is 4.66. The summed E-state index contributed by atoms with van der Waals surface area (Å²) in [5, 5.41) is 7.82. The Morgan fingerprint density at radius 3 is 2.48 bits per heavy atom. The number of fused-ring (bicyclic) bond motifs is 1. The van der Waals surface area contributed by atoms with Crippen molar-refractivity contribution in [2.45, 2.75) is 83.8 Å². The Labute approximate surface area is 174 Å². The maximum Gasteiger partial charge on any atom is 0.224 e. The molecule has 29 heavy (non-hydrogen) atoms. The Balaban J connectivity index is 1.69. The lowest BCUT2D eigenvalue weighted by atomic mass is 9.84. The summed E-state index contributed by atoms with van der Waals surface area (Å²) in [6.45, 7) is 8.60. The van der Waals surface area contributed by atoms with Crippen LogP contribution in [0.5, 0.6) is 5.88 Å². The minimum Gasteiger partial charge on any atom is -0.474 e. The summed E-state index contributed by atoms with van der Waals surface area (Å²) in [6, 6.07) is 0.317. The van der Waals surface area contributed by atoms with Crippen LogP contribution < -0.4 is 15.4 Å². The van der Waals surface area contributed by atoms with Crippen molar-refractivity contribution in [3.8, 4) is 5.88 Å². The van der Waals surface area contributed by atoms with E-state index in [2.05, 4.69) is 36.4 Å². The van der Waals surface area contributed by atoms with Crippen LogP contribution in [-0.4, -0.2) is 40.2 Å². The van der Waals surface area contributed by atoms with Crippen LogP contribution in [0.1, 0.15) is 77.2 Å². The lowest BCUT2D eigenvalue weighted by molar-refractivity contribution is 0.158. The van der Waals surface area contributed by atoms with E-state index in [9.17, 15) is 0 Å². The zero-order valence-corrected chi connectivity index (χ0v) is 18.1. The Morgan fingerprint density at radius 1 is 1.00 bits per heavy atom. The van der Waals surface area contributed by atoms with Crippen molar-refractivity contribution in [1.29, 1.82) is 0 Å². The summed E-state index contributed by atoms with van der Waals surface area (Å²) < 4.78 is 6.32. The number of aromatic nitrogens is 3. The lowest BCUT2D eigenvalue weighted by Gasteiger charge is -2.26. The first-order chi connectivity index (χ1) is 14.1. The summed E-state index contributed by atoms with van der Waals surface area (Å²) in [5.74, 6) is 2.45. The molecule has 2 aliphatic rings. The normalized spacial score (nSPS) is 20.1. The van der Waals surface area contributed by atoms with Crippen LogP contribution in [0.3, 0.4) is 0 Å². The first-order valence-electron chi connectivity index (χ1n) is 11.4. The minimum atomic E-state index is 0.214. The van der Waals surface area contributed by atoms with Gasteiger partial charge in [0.25, 0.3) is 0 Å². The molecule has 1 unspecified atom stereocenters. The largest absolute Gasteiger partial charge is 0.474 e. The molecule has 1 aliphatic carbocycles. The van der Waals surface area contributed by atoms with E-state index in [-0.39, 0.29) is 6.10 Å². The van der Waals surface area contributed by atoms with Crippen LogP contribution in [-0.2, 0) is 0 Å². The highest BCUT2D eigenvalue weighted by Gasteiger charge is 2.23. The van der Waals surface area contributed by atoms with E-state index in [1.807, 2.05) is 12.4 Å². The van der Waals surface area contributed by atoms with E-state index in [0.29, 0.717) is 29.7 Å². The standard InChI is InChI=1S/C23H35N5O/c1-15(2)16(3)27-23-26-14-20-21(28-23)19(17-7-5-4-6-8-17)13-25-22(20)29-18-9-11-24-12-10-18/h13-18,24H,4-12H2,1-3H3,(H,26,27,28). The van der Waals surface area contributed by atoms with Gasteiger partial charge in [-0.3, -0.25) is 0 Å². The third-order valence-corrected chi connectivity index (χ3v) is 6.58. The van der Waals surface area contributed by atoms with Gasteiger partial charge in [0.05, 0.1) is 10.9 Å². The SMILES string of the molecule is CC(C)C(C)Nc1ncc2c(OC3CCNCC3)ncc(C3CCCCC3)c2n1. The van der Waals surface area contributed by atoms with Crippen LogP contribution >= 0.6 is 0 Å². The molecule has 2 aromatic rings. The molecular formula is C23H35N5O. The summed E-state index contributed by atoms with van der Waals surface area (Å²) >= 11 is 0. The van der Waals surface area contributed by atoms with Crippen molar-refractivity contribution in [3.63, 3.8) is 0 Å². The molecule has 6 nitrogen and oxygen atoms in total. The zero-order valence-electron chi connectivity index (χ0n) is 18.1. The molecule has 2 aromatic heterocycles. The fourth-order valence-electron chi connectivity index (χ4n) is 4.33. The quantitative estimate of drug-likeness (QED) is 0.739. The molecule has 2 N–H and O–H groups in total. The second-order valence-electron chi connectivity index (χ2n) is 9.05. The molecule has 1 saturated heterocycles. The van der Waals surface area contributed by atoms with E-state index in [0.717, 1.165) is 36.8 Å². The van der Waals surface area contributed by atoms with Gasteiger partial charge in [0.1, 0.15) is 6.10 Å². The number of pyridine rings is 1. The second kappa shape index (κ2) is 9.24. The first kappa shape index (κ1) is 20.3. The molecule has 6 heteroatoms. The van der Waals surface area contributed by atoms with Crippen LogP contribution in [0, 0.1) is 5.92 Å². The summed E-state index contributed by atoms with van der Waals surface area (Å²) in [5.41, 5.74) is 2.28. The van der Waals surface area contributed by atoms with Crippen LogP contribution in [0.4, 0.5) is 5.95 Å². The molecule has 3 heterocycles. The first-order valence-corrected chi connectivity index (χ1v) is 11.4. The van der Waals surface area contributed by atoms with Gasteiger partial charge >= 0.3 is 0 Å². The highest BCUT2D eigenvalue weighted by molar-refractivity contribution is 5.86. The van der Waals surface area contributed by atoms with E-state index in [1.165, 1.54) is 37.7 Å². The Morgan fingerprint density at radius 2 is 1.76 bits per heavy atom. The van der Waals surface area contributed by atoms with Gasteiger partial charge in [0, 0.05) is 24.0 Å². The van der Waals surface area contributed by atoms with Gasteiger partial charge in [-0.1, -0.05) is 33.1 Å². The molecule has 1 saturated carbocycles. The fraction of sp³-hybridized carbons (Fsp3) is 0.696. The van der Waals surface area contributed by atoms with Crippen LogP contribution in [0.15, 0.2) is 12.4 Å². The average molecular weight is 398 g/mol. The molecule has 2 fully saturated rings. The maximum atomic E-state index is 6.32. The number of ether oxygens (including phenoxy) is 1. The monoisotopic (exact) mass is 397 g/mol. The van der Waals surface area contributed by atoms with E-state index in [4.69, 9.17) is 14.7 Å². The molecule has 0 aromatic carbocycles. The van der Waals surface area contributed by atoms with E-state index in [1.54, 1.807) is 0 Å². The van der Waals surface area contributed by atoms with Gasteiger partial charge in [-0.25, -0.2) is 15.0 Å². The van der Waals surface area contributed by atoms with Gasteiger partial charge in [0.2, 0.25) is 11.8 Å². The average Bonchev–Trinajstić information content (AvgIpc) is 2.75.